The van der Waals surface area contributed by atoms with Crippen molar-refractivity contribution in [2.75, 3.05) is 19.0 Å². The van der Waals surface area contributed by atoms with Gasteiger partial charge in [0.05, 0.1) is 5.70 Å². The van der Waals surface area contributed by atoms with Crippen molar-refractivity contribution in [3.8, 4) is 0 Å². The van der Waals surface area contributed by atoms with Crippen molar-refractivity contribution >= 4 is 61.8 Å². The average Bonchev–Trinajstić information content (AvgIpc) is 3.14. The number of fused-ring (bicyclic) bond motifs is 1. The van der Waals surface area contributed by atoms with E-state index in [0.717, 1.165) is 11.4 Å². The van der Waals surface area contributed by atoms with Crippen LogP contribution in [-0.4, -0.2) is 33.8 Å². The molecule has 0 unspecified atom stereocenters. The van der Waals surface area contributed by atoms with Gasteiger partial charge in [0.15, 0.2) is 0 Å². The number of anilines is 1. The van der Waals surface area contributed by atoms with E-state index in [0.29, 0.717) is 18.4 Å². The first-order chi connectivity index (χ1) is 12.7. The van der Waals surface area contributed by atoms with E-state index >= 15 is 0 Å². The summed E-state index contributed by atoms with van der Waals surface area (Å²) in [5.74, 6) is -0.152. The Morgan fingerprint density at radius 3 is 2.30 bits per heavy atom. The zero-order chi connectivity index (χ0) is 19.7. The highest BCUT2D eigenvalue weighted by atomic mass is 32.2. The molecule has 0 atom stereocenters. The number of amides is 1. The highest BCUT2D eigenvalue weighted by Crippen LogP contribution is 2.46. The number of para-hydroxylation sites is 1. The van der Waals surface area contributed by atoms with Crippen LogP contribution < -0.4 is 19.7 Å². The van der Waals surface area contributed by atoms with Gasteiger partial charge in [-0.2, -0.15) is 0 Å². The minimum atomic E-state index is -0.302. The first kappa shape index (κ1) is 18.5. The molecule has 1 amide bonds. The number of thiocarbonyl (C=S) groups is 1. The zero-order valence-corrected chi connectivity index (χ0v) is 18.1. The summed E-state index contributed by atoms with van der Waals surface area (Å²) >= 11 is 7.87. The van der Waals surface area contributed by atoms with Gasteiger partial charge in [0.1, 0.15) is 18.4 Å². The van der Waals surface area contributed by atoms with Gasteiger partial charge < -0.3 is 9.47 Å². The monoisotopic (exact) mass is 417 g/mol. The van der Waals surface area contributed by atoms with Crippen molar-refractivity contribution in [1.29, 1.82) is 0 Å². The van der Waals surface area contributed by atoms with Gasteiger partial charge in [0.2, 0.25) is 0 Å². The summed E-state index contributed by atoms with van der Waals surface area (Å²) in [4.78, 5) is 29.7. The van der Waals surface area contributed by atoms with Gasteiger partial charge in [-0.05, 0) is 11.6 Å². The summed E-state index contributed by atoms with van der Waals surface area (Å²) in [6, 6.07) is 8.21. The number of benzene rings is 1. The average molecular weight is 418 g/mol. The summed E-state index contributed by atoms with van der Waals surface area (Å²) in [5, 5.41) is 0. The quantitative estimate of drug-likeness (QED) is 0.609. The standard InChI is InChI=1S/C19H19N3O2S3/c1-19(2)10-8-6-7-9-11(10)20(3)14(19)12-15(23)21(4)17(26-12)13-16(24)22(5)18(25)27-13/h6-9H,1-5H3. The first-order valence-electron chi connectivity index (χ1n) is 8.44. The van der Waals surface area contributed by atoms with Crippen LogP contribution in [0.5, 0.6) is 0 Å². The van der Waals surface area contributed by atoms with E-state index < -0.39 is 0 Å². The SMILES string of the molecule is CN1C(=O)C(=c2sc(=C3N(C)c4ccccc4C3(C)C)c(=O)n2C)SC1=S. The Hall–Kier alpha value is -1.90. The van der Waals surface area contributed by atoms with Crippen LogP contribution in [0.4, 0.5) is 5.69 Å². The summed E-state index contributed by atoms with van der Waals surface area (Å²) in [6.07, 6.45) is 0. The van der Waals surface area contributed by atoms with E-state index in [1.165, 1.54) is 33.6 Å². The lowest BCUT2D eigenvalue weighted by atomic mass is 9.84. The Balaban J connectivity index is 2.08. The third-order valence-corrected chi connectivity index (χ3v) is 8.16. The smallest absolute Gasteiger partial charge is 0.270 e. The molecule has 3 heterocycles. The molecular weight excluding hydrogens is 398 g/mol. The van der Waals surface area contributed by atoms with Crippen molar-refractivity contribution in [2.24, 2.45) is 7.05 Å². The lowest BCUT2D eigenvalue weighted by Gasteiger charge is -2.23. The van der Waals surface area contributed by atoms with Crippen molar-refractivity contribution in [2.45, 2.75) is 19.3 Å². The highest BCUT2D eigenvalue weighted by Gasteiger charge is 2.40. The Kier molecular flexibility index (Phi) is 4.14. The van der Waals surface area contributed by atoms with Crippen LogP contribution in [0.25, 0.3) is 10.6 Å². The summed E-state index contributed by atoms with van der Waals surface area (Å²) in [7, 11) is 5.37. The molecule has 1 saturated heterocycles. The number of rotatable bonds is 0. The predicted octanol–water partition coefficient (Wildman–Crippen LogP) is 1.58. The fraction of sp³-hybridized carbons (Fsp3) is 0.316. The lowest BCUT2D eigenvalue weighted by molar-refractivity contribution is -0.119. The third kappa shape index (κ3) is 2.47. The molecule has 2 aromatic rings. The molecule has 8 heteroatoms. The summed E-state index contributed by atoms with van der Waals surface area (Å²) in [5.41, 5.74) is 2.88. The maximum Gasteiger partial charge on any atom is 0.270 e. The van der Waals surface area contributed by atoms with Gasteiger partial charge in [0.25, 0.3) is 11.5 Å². The van der Waals surface area contributed by atoms with Gasteiger partial charge in [-0.25, -0.2) is 0 Å². The second-order valence-corrected chi connectivity index (χ2v) is 9.85. The van der Waals surface area contributed by atoms with Crippen LogP contribution in [0.1, 0.15) is 19.4 Å². The maximum atomic E-state index is 13.1. The van der Waals surface area contributed by atoms with E-state index in [2.05, 4.69) is 30.9 Å². The van der Waals surface area contributed by atoms with E-state index in [9.17, 15) is 9.59 Å². The van der Waals surface area contributed by atoms with Crippen molar-refractivity contribution in [3.63, 3.8) is 0 Å². The van der Waals surface area contributed by atoms with Crippen molar-refractivity contribution in [1.82, 2.24) is 9.47 Å². The minimum Gasteiger partial charge on any atom is -0.346 e. The Morgan fingerprint density at radius 1 is 1.04 bits per heavy atom. The first-order valence-corrected chi connectivity index (χ1v) is 10.5. The van der Waals surface area contributed by atoms with Crippen LogP contribution in [0.2, 0.25) is 0 Å². The van der Waals surface area contributed by atoms with Crippen LogP contribution in [0, 0.1) is 0 Å². The molecule has 0 aliphatic carbocycles. The third-order valence-electron chi connectivity index (χ3n) is 5.24. The number of likely N-dealkylation sites (N-methyl/N-ethyl adjacent to an activating group) is 1. The molecule has 2 aliphatic heterocycles. The Bertz CT molecular complexity index is 1190. The molecule has 140 valence electrons. The van der Waals surface area contributed by atoms with Gasteiger partial charge in [-0.1, -0.05) is 56.0 Å². The number of carbonyl (C=O) groups is 1. The number of thiazole rings is 1. The molecule has 0 radical (unpaired) electrons. The van der Waals surface area contributed by atoms with Gasteiger partial charge in [-0.15, -0.1) is 11.3 Å². The summed E-state index contributed by atoms with van der Waals surface area (Å²) in [6.45, 7) is 4.27. The number of hydrogen-bond acceptors (Lipinski definition) is 6. The molecule has 1 aromatic heterocycles. The topological polar surface area (TPSA) is 45.6 Å². The molecule has 0 saturated carbocycles. The number of hydrogen-bond donors (Lipinski definition) is 0. The molecular formula is C19H19N3O2S3. The predicted molar refractivity (Wildman–Crippen MR) is 116 cm³/mol. The van der Waals surface area contributed by atoms with Crippen molar-refractivity contribution < 1.29 is 4.79 Å². The van der Waals surface area contributed by atoms with E-state index in [1.807, 2.05) is 19.2 Å². The van der Waals surface area contributed by atoms with E-state index in [4.69, 9.17) is 12.2 Å². The molecule has 1 fully saturated rings. The second-order valence-electron chi connectivity index (χ2n) is 7.21. The molecule has 2 aliphatic rings. The molecule has 0 spiro atoms. The number of nitrogens with zero attached hydrogens (tertiary/aromatic N) is 3. The van der Waals surface area contributed by atoms with Crippen molar-refractivity contribution in [3.05, 3.63) is 49.4 Å². The van der Waals surface area contributed by atoms with Crippen LogP contribution in [0.3, 0.4) is 0 Å². The molecule has 0 N–H and O–H groups in total. The maximum absolute atomic E-state index is 13.1. The Labute approximate surface area is 170 Å². The largest absolute Gasteiger partial charge is 0.346 e. The van der Waals surface area contributed by atoms with Gasteiger partial charge in [-0.3, -0.25) is 14.5 Å². The summed E-state index contributed by atoms with van der Waals surface area (Å²) < 4.78 is 3.40. The number of aromatic nitrogens is 1. The van der Waals surface area contributed by atoms with Crippen LogP contribution in [-0.2, 0) is 17.3 Å². The Morgan fingerprint density at radius 2 is 1.70 bits per heavy atom. The highest BCUT2D eigenvalue weighted by molar-refractivity contribution is 8.30. The van der Waals surface area contributed by atoms with E-state index in [1.54, 1.807) is 18.7 Å². The van der Waals surface area contributed by atoms with E-state index in [-0.39, 0.29) is 16.9 Å². The second kappa shape index (κ2) is 6.05. The molecule has 27 heavy (non-hydrogen) atoms. The van der Waals surface area contributed by atoms with Gasteiger partial charge >= 0.3 is 0 Å². The fourth-order valence-electron chi connectivity index (χ4n) is 3.77. The van der Waals surface area contributed by atoms with Crippen LogP contribution >= 0.6 is 35.3 Å². The van der Waals surface area contributed by atoms with Gasteiger partial charge in [0, 0.05) is 32.2 Å². The molecule has 5 nitrogen and oxygen atoms in total. The van der Waals surface area contributed by atoms with Crippen LogP contribution in [0.15, 0.2) is 29.1 Å². The molecule has 1 aromatic carbocycles. The molecule has 0 bridgehead atoms. The lowest BCUT2D eigenvalue weighted by Crippen LogP contribution is -2.37. The number of carbonyl (C=O) groups excluding carboxylic acids is 1. The molecule has 4 rings (SSSR count). The zero-order valence-electron chi connectivity index (χ0n) is 15.7. The minimum absolute atomic E-state index is 0.0842. The fourth-order valence-corrected chi connectivity index (χ4v) is 6.50. The normalized spacial score (nSPS) is 22.7. The number of thioether (sulfide) groups is 1.